The number of halogens is 1. The van der Waals surface area contributed by atoms with Crippen molar-refractivity contribution >= 4 is 27.5 Å². The molecule has 108 valence electrons. The minimum Gasteiger partial charge on any atom is -0.486 e. The lowest BCUT2D eigenvalue weighted by atomic mass is 9.99. The molecule has 0 aliphatic carbocycles. The first-order valence-electron chi connectivity index (χ1n) is 6.85. The van der Waals surface area contributed by atoms with Gasteiger partial charge in [-0.25, -0.2) is 0 Å². The van der Waals surface area contributed by atoms with Gasteiger partial charge in [0.2, 0.25) is 5.91 Å². The number of rotatable bonds is 2. The average Bonchev–Trinajstić information content (AvgIpc) is 2.49. The van der Waals surface area contributed by atoms with Crippen molar-refractivity contribution in [3.05, 3.63) is 16.6 Å². The van der Waals surface area contributed by atoms with Gasteiger partial charge in [0.1, 0.15) is 13.2 Å². The van der Waals surface area contributed by atoms with Crippen molar-refractivity contribution in [1.29, 1.82) is 0 Å². The van der Waals surface area contributed by atoms with Crippen LogP contribution in [-0.2, 0) is 4.79 Å². The van der Waals surface area contributed by atoms with Crippen LogP contribution < -0.4 is 20.1 Å². The molecule has 1 aromatic rings. The molecule has 1 aromatic carbocycles. The van der Waals surface area contributed by atoms with Gasteiger partial charge < -0.3 is 20.1 Å². The summed E-state index contributed by atoms with van der Waals surface area (Å²) in [5.41, 5.74) is 0.727. The summed E-state index contributed by atoms with van der Waals surface area (Å²) in [4.78, 5) is 12.2. The molecule has 0 radical (unpaired) electrons. The Kier molecular flexibility index (Phi) is 4.12. The lowest BCUT2D eigenvalue weighted by Gasteiger charge is -2.23. The van der Waals surface area contributed by atoms with E-state index in [1.807, 2.05) is 12.1 Å². The quantitative estimate of drug-likeness (QED) is 0.866. The van der Waals surface area contributed by atoms with Crippen molar-refractivity contribution in [3.8, 4) is 11.5 Å². The third-order valence-corrected chi connectivity index (χ3v) is 4.21. The molecule has 20 heavy (non-hydrogen) atoms. The smallest absolute Gasteiger partial charge is 0.228 e. The van der Waals surface area contributed by atoms with Gasteiger partial charge in [0, 0.05) is 23.2 Å². The molecule has 0 aromatic heterocycles. The number of carbonyl (C=O) groups excluding carboxylic acids is 1. The summed E-state index contributed by atoms with van der Waals surface area (Å²) in [6, 6.07) is 3.65. The van der Waals surface area contributed by atoms with Gasteiger partial charge in [-0.3, -0.25) is 4.79 Å². The Balaban J connectivity index is 1.74. The second kappa shape index (κ2) is 6.01. The molecule has 3 rings (SSSR count). The Hall–Kier alpha value is -1.27. The topological polar surface area (TPSA) is 59.6 Å². The predicted octanol–water partition coefficient (Wildman–Crippen LogP) is 2.16. The first-order valence-corrected chi connectivity index (χ1v) is 7.64. The molecular formula is C14H17BrN2O3. The van der Waals surface area contributed by atoms with Crippen molar-refractivity contribution in [3.63, 3.8) is 0 Å². The van der Waals surface area contributed by atoms with E-state index in [0.29, 0.717) is 24.7 Å². The summed E-state index contributed by atoms with van der Waals surface area (Å²) < 4.78 is 11.8. The molecule has 0 bridgehead atoms. The molecular weight excluding hydrogens is 324 g/mol. The monoisotopic (exact) mass is 340 g/mol. The zero-order valence-electron chi connectivity index (χ0n) is 11.1. The zero-order valence-corrected chi connectivity index (χ0v) is 12.7. The Morgan fingerprint density at radius 1 is 1.30 bits per heavy atom. The lowest BCUT2D eigenvalue weighted by Crippen LogP contribution is -2.37. The van der Waals surface area contributed by atoms with Crippen molar-refractivity contribution in [2.75, 3.05) is 31.6 Å². The van der Waals surface area contributed by atoms with Crippen LogP contribution in [0.1, 0.15) is 12.8 Å². The summed E-state index contributed by atoms with van der Waals surface area (Å²) in [5.74, 6) is 1.47. The van der Waals surface area contributed by atoms with Crippen LogP contribution in [0.2, 0.25) is 0 Å². The highest BCUT2D eigenvalue weighted by Crippen LogP contribution is 2.38. The second-order valence-corrected chi connectivity index (χ2v) is 5.86. The van der Waals surface area contributed by atoms with Gasteiger partial charge in [-0.1, -0.05) is 0 Å². The Morgan fingerprint density at radius 3 is 2.75 bits per heavy atom. The van der Waals surface area contributed by atoms with Crippen molar-refractivity contribution in [2.45, 2.75) is 12.8 Å². The normalized spacial score (nSPS) is 21.4. The minimum absolute atomic E-state index is 0.0313. The summed E-state index contributed by atoms with van der Waals surface area (Å²) in [6.07, 6.45) is 1.97. The summed E-state index contributed by atoms with van der Waals surface area (Å²) in [6.45, 7) is 2.83. The van der Waals surface area contributed by atoms with Gasteiger partial charge in [0.25, 0.3) is 0 Å². The van der Waals surface area contributed by atoms with Crippen LogP contribution in [0.4, 0.5) is 5.69 Å². The number of carbonyl (C=O) groups is 1. The summed E-state index contributed by atoms with van der Waals surface area (Å²) in [7, 11) is 0. The van der Waals surface area contributed by atoms with E-state index in [1.165, 1.54) is 0 Å². The Labute approximate surface area is 126 Å². The molecule has 1 fully saturated rings. The molecule has 0 spiro atoms. The minimum atomic E-state index is 0.0313. The largest absolute Gasteiger partial charge is 0.486 e. The van der Waals surface area contributed by atoms with Gasteiger partial charge in [-0.05, 0) is 35.3 Å². The SMILES string of the molecule is O=C(Nc1cc2c(cc1Br)OCCO2)C1CCCNC1. The van der Waals surface area contributed by atoms with Crippen molar-refractivity contribution in [2.24, 2.45) is 5.92 Å². The van der Waals surface area contributed by atoms with Crippen LogP contribution in [0.25, 0.3) is 0 Å². The van der Waals surface area contributed by atoms with E-state index in [9.17, 15) is 4.79 Å². The zero-order chi connectivity index (χ0) is 13.9. The van der Waals surface area contributed by atoms with Crippen LogP contribution in [0, 0.1) is 5.92 Å². The maximum absolute atomic E-state index is 12.2. The number of anilines is 1. The van der Waals surface area contributed by atoms with E-state index in [4.69, 9.17) is 9.47 Å². The molecule has 2 N–H and O–H groups in total. The van der Waals surface area contributed by atoms with E-state index in [-0.39, 0.29) is 11.8 Å². The van der Waals surface area contributed by atoms with E-state index in [0.717, 1.165) is 36.1 Å². The number of fused-ring (bicyclic) bond motifs is 1. The average molecular weight is 341 g/mol. The molecule has 2 aliphatic heterocycles. The van der Waals surface area contributed by atoms with Crippen LogP contribution in [0.15, 0.2) is 16.6 Å². The van der Waals surface area contributed by atoms with E-state index < -0.39 is 0 Å². The molecule has 0 saturated carbocycles. The fraction of sp³-hybridized carbons (Fsp3) is 0.500. The number of nitrogens with one attached hydrogen (secondary N) is 2. The Morgan fingerprint density at radius 2 is 2.05 bits per heavy atom. The maximum atomic E-state index is 12.2. The van der Waals surface area contributed by atoms with E-state index in [2.05, 4.69) is 26.6 Å². The number of hydrogen-bond donors (Lipinski definition) is 2. The highest BCUT2D eigenvalue weighted by atomic mass is 79.9. The van der Waals surface area contributed by atoms with Crippen LogP contribution in [-0.4, -0.2) is 32.2 Å². The third-order valence-electron chi connectivity index (χ3n) is 3.56. The number of benzene rings is 1. The summed E-state index contributed by atoms with van der Waals surface area (Å²) >= 11 is 3.46. The molecule has 2 aliphatic rings. The first-order chi connectivity index (χ1) is 9.74. The van der Waals surface area contributed by atoms with Gasteiger partial charge in [0.15, 0.2) is 11.5 Å². The van der Waals surface area contributed by atoms with Crippen molar-refractivity contribution < 1.29 is 14.3 Å². The van der Waals surface area contributed by atoms with Gasteiger partial charge in [-0.15, -0.1) is 0 Å². The highest BCUT2D eigenvalue weighted by Gasteiger charge is 2.22. The fourth-order valence-electron chi connectivity index (χ4n) is 2.47. The summed E-state index contributed by atoms with van der Waals surface area (Å²) in [5, 5.41) is 6.22. The molecule has 1 atom stereocenters. The van der Waals surface area contributed by atoms with E-state index in [1.54, 1.807) is 0 Å². The van der Waals surface area contributed by atoms with Gasteiger partial charge in [-0.2, -0.15) is 0 Å². The lowest BCUT2D eigenvalue weighted by molar-refractivity contribution is -0.120. The number of piperidine rings is 1. The molecule has 6 heteroatoms. The number of hydrogen-bond acceptors (Lipinski definition) is 4. The highest BCUT2D eigenvalue weighted by molar-refractivity contribution is 9.10. The fourth-order valence-corrected chi connectivity index (χ4v) is 2.89. The molecule has 2 heterocycles. The number of amides is 1. The van der Waals surface area contributed by atoms with Crippen LogP contribution >= 0.6 is 15.9 Å². The first kappa shape index (κ1) is 13.7. The second-order valence-electron chi connectivity index (χ2n) is 5.01. The third kappa shape index (κ3) is 2.91. The maximum Gasteiger partial charge on any atom is 0.228 e. The van der Waals surface area contributed by atoms with Crippen LogP contribution in [0.3, 0.4) is 0 Å². The Bertz CT molecular complexity index is 515. The van der Waals surface area contributed by atoms with Gasteiger partial charge in [0.05, 0.1) is 11.6 Å². The van der Waals surface area contributed by atoms with Gasteiger partial charge >= 0.3 is 0 Å². The number of ether oxygens (including phenoxy) is 2. The van der Waals surface area contributed by atoms with Crippen LogP contribution in [0.5, 0.6) is 11.5 Å². The molecule has 1 saturated heterocycles. The predicted molar refractivity (Wildman–Crippen MR) is 79.4 cm³/mol. The van der Waals surface area contributed by atoms with E-state index >= 15 is 0 Å². The molecule has 5 nitrogen and oxygen atoms in total. The van der Waals surface area contributed by atoms with Crippen molar-refractivity contribution in [1.82, 2.24) is 5.32 Å². The molecule has 1 unspecified atom stereocenters. The standard InChI is InChI=1S/C14H17BrN2O3/c15-10-6-12-13(20-5-4-19-12)7-11(10)17-14(18)9-2-1-3-16-8-9/h6-7,9,16H,1-5,8H2,(H,17,18). The molecule has 1 amide bonds.